The van der Waals surface area contributed by atoms with Crippen molar-refractivity contribution in [3.63, 3.8) is 0 Å². The number of nitrogens with zero attached hydrogens (tertiary/aromatic N) is 2. The number of carbonyl (C=O) groups excluding carboxylic acids is 2. The lowest BCUT2D eigenvalue weighted by atomic mass is 10.0. The van der Waals surface area contributed by atoms with Crippen LogP contribution < -0.4 is 4.90 Å². The summed E-state index contributed by atoms with van der Waals surface area (Å²) in [6.45, 7) is 4.33. The Balaban J connectivity index is 1.23. The smallest absolute Gasteiger partial charge is 0.223 e. The summed E-state index contributed by atoms with van der Waals surface area (Å²) >= 11 is 0. The van der Waals surface area contributed by atoms with Crippen LogP contribution in [-0.2, 0) is 11.3 Å². The van der Waals surface area contributed by atoms with Crippen molar-refractivity contribution in [1.29, 1.82) is 0 Å². The Kier molecular flexibility index (Phi) is 6.85. The van der Waals surface area contributed by atoms with Crippen LogP contribution in [0.4, 0.5) is 0 Å². The Hall–Kier alpha value is -3.31. The maximum atomic E-state index is 12.6. The quantitative estimate of drug-likeness (QED) is 0.605. The van der Waals surface area contributed by atoms with Gasteiger partial charge in [-0.05, 0) is 23.3 Å². The predicted molar refractivity (Wildman–Crippen MR) is 121 cm³/mol. The highest BCUT2D eigenvalue weighted by molar-refractivity contribution is 5.98. The molecule has 158 valence electrons. The normalized spacial score (nSPS) is 14.4. The van der Waals surface area contributed by atoms with Crippen LogP contribution in [0, 0.1) is 0 Å². The second kappa shape index (κ2) is 10.1. The van der Waals surface area contributed by atoms with Gasteiger partial charge in [0.05, 0.1) is 26.2 Å². The first-order valence-electron chi connectivity index (χ1n) is 10.9. The number of Topliss-reactive ketones (excluding diaryl/α,β-unsaturated/α-hetero) is 1. The van der Waals surface area contributed by atoms with E-state index >= 15 is 0 Å². The molecule has 1 N–H and O–H groups in total. The first-order chi connectivity index (χ1) is 15.2. The van der Waals surface area contributed by atoms with E-state index in [1.807, 2.05) is 84.0 Å². The van der Waals surface area contributed by atoms with E-state index in [4.69, 9.17) is 0 Å². The van der Waals surface area contributed by atoms with Crippen molar-refractivity contribution in [1.82, 2.24) is 9.88 Å². The van der Waals surface area contributed by atoms with Crippen LogP contribution in [0.2, 0.25) is 0 Å². The number of aromatic nitrogens is 1. The second-order valence-electron chi connectivity index (χ2n) is 8.03. The van der Waals surface area contributed by atoms with Gasteiger partial charge in [-0.3, -0.25) is 14.6 Å². The van der Waals surface area contributed by atoms with Gasteiger partial charge in [-0.15, -0.1) is 0 Å². The van der Waals surface area contributed by atoms with Crippen molar-refractivity contribution in [2.75, 3.05) is 26.2 Å². The van der Waals surface area contributed by atoms with Gasteiger partial charge in [-0.1, -0.05) is 54.6 Å². The van der Waals surface area contributed by atoms with Crippen molar-refractivity contribution in [3.8, 4) is 11.1 Å². The monoisotopic (exact) mass is 414 g/mol. The minimum atomic E-state index is 0.0231. The molecule has 5 heteroatoms. The van der Waals surface area contributed by atoms with Crippen LogP contribution in [0.3, 0.4) is 0 Å². The molecule has 1 aliphatic rings. The number of piperazine rings is 1. The third-order valence-corrected chi connectivity index (χ3v) is 5.91. The summed E-state index contributed by atoms with van der Waals surface area (Å²) < 4.78 is 0. The Morgan fingerprint density at radius 1 is 0.806 bits per heavy atom. The average Bonchev–Trinajstić information content (AvgIpc) is 2.84. The van der Waals surface area contributed by atoms with Crippen LogP contribution >= 0.6 is 0 Å². The number of ketones is 1. The van der Waals surface area contributed by atoms with E-state index in [9.17, 15) is 9.59 Å². The fourth-order valence-corrected chi connectivity index (χ4v) is 4.04. The third kappa shape index (κ3) is 5.64. The molecule has 4 rings (SSSR count). The number of rotatable bonds is 7. The van der Waals surface area contributed by atoms with Gasteiger partial charge in [0.1, 0.15) is 6.54 Å². The van der Waals surface area contributed by atoms with Crippen LogP contribution in [0.25, 0.3) is 11.1 Å². The second-order valence-corrected chi connectivity index (χ2v) is 8.03. The number of quaternary nitrogens is 1. The standard InChI is InChI=1S/C26H27N3O2/c30-25(24-8-6-23(7-9-24)22-4-2-1-3-5-22)10-11-26(31)29-18-16-28(17-19-29)20-21-12-14-27-15-13-21/h1-9,12-15H,10-11,16-20H2/p+1. The summed E-state index contributed by atoms with van der Waals surface area (Å²) in [6, 6.07) is 21.8. The number of carbonyl (C=O) groups is 2. The molecule has 1 saturated heterocycles. The van der Waals surface area contributed by atoms with Gasteiger partial charge in [-0.2, -0.15) is 0 Å². The van der Waals surface area contributed by atoms with E-state index in [0.717, 1.165) is 43.9 Å². The Morgan fingerprint density at radius 3 is 2.13 bits per heavy atom. The van der Waals surface area contributed by atoms with Crippen LogP contribution in [0.1, 0.15) is 28.8 Å². The minimum absolute atomic E-state index is 0.0231. The van der Waals surface area contributed by atoms with E-state index < -0.39 is 0 Å². The van der Waals surface area contributed by atoms with Crippen molar-refractivity contribution in [3.05, 3.63) is 90.3 Å². The Bertz CT molecular complexity index is 996. The topological polar surface area (TPSA) is 54.7 Å². The van der Waals surface area contributed by atoms with E-state index in [-0.39, 0.29) is 24.5 Å². The van der Waals surface area contributed by atoms with Crippen molar-refractivity contribution in [2.24, 2.45) is 0 Å². The molecule has 1 aliphatic heterocycles. The zero-order valence-corrected chi connectivity index (χ0v) is 17.7. The minimum Gasteiger partial charge on any atom is -0.331 e. The summed E-state index contributed by atoms with van der Waals surface area (Å²) in [5.41, 5.74) is 4.15. The summed E-state index contributed by atoms with van der Waals surface area (Å²) in [6.07, 6.45) is 4.17. The number of pyridine rings is 1. The molecule has 0 aliphatic carbocycles. The maximum absolute atomic E-state index is 12.6. The molecule has 1 amide bonds. The van der Waals surface area contributed by atoms with Crippen LogP contribution in [-0.4, -0.2) is 47.8 Å². The molecule has 2 heterocycles. The van der Waals surface area contributed by atoms with E-state index in [2.05, 4.69) is 4.98 Å². The average molecular weight is 415 g/mol. The number of nitrogens with one attached hydrogen (secondary N) is 1. The van der Waals surface area contributed by atoms with Crippen molar-refractivity contribution >= 4 is 11.7 Å². The molecule has 1 aromatic heterocycles. The third-order valence-electron chi connectivity index (χ3n) is 5.91. The molecule has 0 bridgehead atoms. The van der Waals surface area contributed by atoms with Gasteiger partial charge in [0.2, 0.25) is 5.91 Å². The molecule has 1 fully saturated rings. The van der Waals surface area contributed by atoms with Gasteiger partial charge in [-0.25, -0.2) is 0 Å². The lowest BCUT2D eigenvalue weighted by Gasteiger charge is -2.32. The number of amides is 1. The molecule has 0 saturated carbocycles. The first kappa shape index (κ1) is 20.9. The molecule has 31 heavy (non-hydrogen) atoms. The van der Waals surface area contributed by atoms with Crippen LogP contribution in [0.15, 0.2) is 79.1 Å². The zero-order chi connectivity index (χ0) is 21.5. The first-order valence-corrected chi connectivity index (χ1v) is 10.9. The Labute approximate surface area is 183 Å². The highest BCUT2D eigenvalue weighted by atomic mass is 16.2. The van der Waals surface area contributed by atoms with Crippen molar-refractivity contribution in [2.45, 2.75) is 19.4 Å². The number of benzene rings is 2. The Morgan fingerprint density at radius 2 is 1.45 bits per heavy atom. The van der Waals surface area contributed by atoms with Gasteiger partial charge >= 0.3 is 0 Å². The van der Waals surface area contributed by atoms with E-state index in [1.54, 1.807) is 0 Å². The van der Waals surface area contributed by atoms with E-state index in [0.29, 0.717) is 5.56 Å². The molecule has 3 aromatic rings. The number of hydrogen-bond acceptors (Lipinski definition) is 3. The molecule has 0 radical (unpaired) electrons. The molecule has 0 unspecified atom stereocenters. The largest absolute Gasteiger partial charge is 0.331 e. The van der Waals surface area contributed by atoms with Crippen LogP contribution in [0.5, 0.6) is 0 Å². The van der Waals surface area contributed by atoms with Crippen molar-refractivity contribution < 1.29 is 14.5 Å². The highest BCUT2D eigenvalue weighted by Gasteiger charge is 2.24. The summed E-state index contributed by atoms with van der Waals surface area (Å²) in [7, 11) is 0. The molecule has 0 atom stereocenters. The predicted octanol–water partition coefficient (Wildman–Crippen LogP) is 2.64. The highest BCUT2D eigenvalue weighted by Crippen LogP contribution is 2.20. The zero-order valence-electron chi connectivity index (χ0n) is 17.7. The number of hydrogen-bond donors (Lipinski definition) is 1. The van der Waals surface area contributed by atoms with Gasteiger partial charge < -0.3 is 9.80 Å². The summed E-state index contributed by atoms with van der Waals surface area (Å²) in [5, 5.41) is 0. The molecule has 5 nitrogen and oxygen atoms in total. The van der Waals surface area contributed by atoms with E-state index in [1.165, 1.54) is 10.5 Å². The van der Waals surface area contributed by atoms with Gasteiger partial charge in [0.25, 0.3) is 0 Å². The molecular formula is C26H28N3O2+. The maximum Gasteiger partial charge on any atom is 0.223 e. The van der Waals surface area contributed by atoms with Gasteiger partial charge in [0, 0.05) is 36.4 Å². The lowest BCUT2D eigenvalue weighted by Crippen LogP contribution is -3.13. The SMILES string of the molecule is O=C(CCC(=O)N1CC[NH+](Cc2ccncc2)CC1)c1ccc(-c2ccccc2)cc1. The molecule has 0 spiro atoms. The fourth-order valence-electron chi connectivity index (χ4n) is 4.04. The lowest BCUT2D eigenvalue weighted by molar-refractivity contribution is -0.917. The molecular weight excluding hydrogens is 386 g/mol. The summed E-state index contributed by atoms with van der Waals surface area (Å²) in [4.78, 5) is 32.6. The molecule has 2 aromatic carbocycles. The fraction of sp³-hybridized carbons (Fsp3) is 0.269. The summed E-state index contributed by atoms with van der Waals surface area (Å²) in [5.74, 6) is 0.104. The van der Waals surface area contributed by atoms with Gasteiger partial charge in [0.15, 0.2) is 5.78 Å².